The van der Waals surface area contributed by atoms with Crippen LogP contribution in [0.5, 0.6) is 0 Å². The van der Waals surface area contributed by atoms with E-state index in [0.717, 1.165) is 29.7 Å². The molecule has 0 saturated heterocycles. The van der Waals surface area contributed by atoms with Gasteiger partial charge in [0, 0.05) is 24.6 Å². The summed E-state index contributed by atoms with van der Waals surface area (Å²) >= 11 is 1.40. The lowest BCUT2D eigenvalue weighted by molar-refractivity contribution is -0.118. The van der Waals surface area contributed by atoms with Gasteiger partial charge in [0.05, 0.1) is 11.0 Å². The number of nitrogens with one attached hydrogen (secondary N) is 2. The molecule has 3 rings (SSSR count). The molecule has 5 nitrogen and oxygen atoms in total. The summed E-state index contributed by atoms with van der Waals surface area (Å²) in [5.41, 5.74) is 3.04. The quantitative estimate of drug-likeness (QED) is 0.876. The van der Waals surface area contributed by atoms with Crippen LogP contribution in [0.4, 0.5) is 5.69 Å². The topological polar surface area (TPSA) is 71.1 Å². The molecule has 6 heteroatoms. The van der Waals surface area contributed by atoms with Crippen molar-refractivity contribution in [1.29, 1.82) is 0 Å². The number of pyridine rings is 1. The number of nitrogens with zero attached hydrogens (tertiary/aromatic N) is 1. The molecule has 1 aliphatic heterocycles. The molecule has 0 saturated carbocycles. The molecule has 24 heavy (non-hydrogen) atoms. The number of carbonyl (C=O) groups excluding carboxylic acids is 2. The molecule has 0 bridgehead atoms. The van der Waals surface area contributed by atoms with E-state index in [1.165, 1.54) is 11.8 Å². The lowest BCUT2D eigenvalue weighted by Gasteiger charge is -2.12. The van der Waals surface area contributed by atoms with Gasteiger partial charge in [-0.05, 0) is 42.2 Å². The number of aromatic nitrogens is 1. The van der Waals surface area contributed by atoms with E-state index in [0.29, 0.717) is 6.54 Å². The van der Waals surface area contributed by atoms with E-state index in [2.05, 4.69) is 15.6 Å². The van der Waals surface area contributed by atoms with E-state index in [-0.39, 0.29) is 22.8 Å². The molecule has 124 valence electrons. The van der Waals surface area contributed by atoms with Gasteiger partial charge < -0.3 is 10.6 Å². The van der Waals surface area contributed by atoms with Crippen LogP contribution in [0.15, 0.2) is 48.8 Å². The molecule has 2 amide bonds. The number of benzene rings is 1. The summed E-state index contributed by atoms with van der Waals surface area (Å²) in [6.07, 6.45) is 4.98. The zero-order chi connectivity index (χ0) is 16.8. The van der Waals surface area contributed by atoms with Crippen molar-refractivity contribution in [3.05, 3.63) is 59.9 Å². The Balaban J connectivity index is 1.48. The van der Waals surface area contributed by atoms with Crippen LogP contribution in [-0.4, -0.2) is 27.8 Å². The molecule has 1 aliphatic rings. The highest BCUT2D eigenvalue weighted by Crippen LogP contribution is 2.26. The lowest BCUT2D eigenvalue weighted by atomic mass is 10.1. The number of hydrogen-bond acceptors (Lipinski definition) is 4. The highest BCUT2D eigenvalue weighted by molar-refractivity contribution is 8.01. The number of carbonyl (C=O) groups is 2. The number of fused-ring (bicyclic) bond motifs is 1. The number of amides is 2. The standard InChI is InChI=1S/C18H19N3O2S/c22-17(20-11-13-7-9-19-10-8-13)12-24-16-6-5-14-3-1-2-4-15(14)21-18(16)23/h1-4,7-10,16H,5-6,11-12H2,(H,20,22)(H,21,23)/t16-/m1/s1. The average molecular weight is 341 g/mol. The SMILES string of the molecule is O=C(CS[C@@H]1CCc2ccccc2NC1=O)NCc1ccncc1. The van der Waals surface area contributed by atoms with Gasteiger partial charge in [0.1, 0.15) is 0 Å². The number of thioether (sulfide) groups is 1. The number of anilines is 1. The second-order valence-electron chi connectivity index (χ2n) is 5.62. The van der Waals surface area contributed by atoms with Crippen LogP contribution in [0, 0.1) is 0 Å². The Bertz CT molecular complexity index is 721. The first kappa shape index (κ1) is 16.5. The molecule has 2 N–H and O–H groups in total. The first-order valence-corrected chi connectivity index (χ1v) is 8.93. The Morgan fingerprint density at radius 3 is 2.88 bits per heavy atom. The number of hydrogen-bond donors (Lipinski definition) is 2. The maximum absolute atomic E-state index is 12.3. The summed E-state index contributed by atoms with van der Waals surface area (Å²) in [6.45, 7) is 0.476. The van der Waals surface area contributed by atoms with Crippen molar-refractivity contribution in [3.8, 4) is 0 Å². The van der Waals surface area contributed by atoms with Gasteiger partial charge in [-0.25, -0.2) is 0 Å². The fourth-order valence-corrected chi connectivity index (χ4v) is 3.53. The highest BCUT2D eigenvalue weighted by Gasteiger charge is 2.24. The van der Waals surface area contributed by atoms with Crippen LogP contribution < -0.4 is 10.6 Å². The molecule has 2 aromatic rings. The van der Waals surface area contributed by atoms with Crippen molar-refractivity contribution in [2.75, 3.05) is 11.1 Å². The van der Waals surface area contributed by atoms with Gasteiger partial charge in [-0.15, -0.1) is 11.8 Å². The van der Waals surface area contributed by atoms with E-state index in [9.17, 15) is 9.59 Å². The number of aryl methyl sites for hydroxylation is 1. The maximum Gasteiger partial charge on any atom is 0.237 e. The smallest absolute Gasteiger partial charge is 0.237 e. The third-order valence-corrected chi connectivity index (χ3v) is 5.18. The summed E-state index contributed by atoms with van der Waals surface area (Å²) in [4.78, 5) is 28.2. The Kier molecular flexibility index (Phi) is 5.48. The van der Waals surface area contributed by atoms with Gasteiger partial charge in [0.2, 0.25) is 11.8 Å². The molecule has 2 heterocycles. The molecule has 0 fully saturated rings. The van der Waals surface area contributed by atoms with Crippen LogP contribution in [0.3, 0.4) is 0 Å². The van der Waals surface area contributed by atoms with Crippen LogP contribution in [0.2, 0.25) is 0 Å². The van der Waals surface area contributed by atoms with E-state index < -0.39 is 0 Å². The molecule has 1 aromatic carbocycles. The second kappa shape index (κ2) is 7.97. The molecule has 0 spiro atoms. The van der Waals surface area contributed by atoms with Crippen LogP contribution in [-0.2, 0) is 22.6 Å². The van der Waals surface area contributed by atoms with Crippen molar-refractivity contribution >= 4 is 29.3 Å². The van der Waals surface area contributed by atoms with Gasteiger partial charge in [-0.3, -0.25) is 14.6 Å². The van der Waals surface area contributed by atoms with E-state index in [1.54, 1.807) is 12.4 Å². The van der Waals surface area contributed by atoms with Gasteiger partial charge in [0.25, 0.3) is 0 Å². The predicted octanol–water partition coefficient (Wildman–Crippen LogP) is 2.38. The van der Waals surface area contributed by atoms with Crippen molar-refractivity contribution in [3.63, 3.8) is 0 Å². The van der Waals surface area contributed by atoms with Crippen molar-refractivity contribution in [2.45, 2.75) is 24.6 Å². The van der Waals surface area contributed by atoms with Crippen LogP contribution in [0.25, 0.3) is 0 Å². The fraction of sp³-hybridized carbons (Fsp3) is 0.278. The molecule has 1 aromatic heterocycles. The summed E-state index contributed by atoms with van der Waals surface area (Å²) in [7, 11) is 0. The normalized spacial score (nSPS) is 16.7. The molecular weight excluding hydrogens is 322 g/mol. The first-order valence-electron chi connectivity index (χ1n) is 7.88. The Morgan fingerprint density at radius 2 is 2.04 bits per heavy atom. The van der Waals surface area contributed by atoms with Gasteiger partial charge in [0.15, 0.2) is 0 Å². The maximum atomic E-state index is 12.3. The Labute approximate surface area is 145 Å². The monoisotopic (exact) mass is 341 g/mol. The van der Waals surface area contributed by atoms with Crippen LogP contribution >= 0.6 is 11.8 Å². The Morgan fingerprint density at radius 1 is 1.25 bits per heavy atom. The van der Waals surface area contributed by atoms with Crippen molar-refractivity contribution in [2.24, 2.45) is 0 Å². The van der Waals surface area contributed by atoms with E-state index >= 15 is 0 Å². The number of para-hydroxylation sites is 1. The van der Waals surface area contributed by atoms with Gasteiger partial charge in [-0.1, -0.05) is 18.2 Å². The minimum absolute atomic E-state index is 0.0214. The van der Waals surface area contributed by atoms with Crippen molar-refractivity contribution in [1.82, 2.24) is 10.3 Å². The van der Waals surface area contributed by atoms with Gasteiger partial charge in [-0.2, -0.15) is 0 Å². The zero-order valence-electron chi connectivity index (χ0n) is 13.2. The number of rotatable bonds is 5. The summed E-state index contributed by atoms with van der Waals surface area (Å²) in [5.74, 6) is 0.192. The minimum Gasteiger partial charge on any atom is -0.351 e. The second-order valence-corrected chi connectivity index (χ2v) is 6.81. The van der Waals surface area contributed by atoms with Crippen LogP contribution in [0.1, 0.15) is 17.5 Å². The summed E-state index contributed by atoms with van der Waals surface area (Å²) in [6, 6.07) is 11.6. The molecule has 1 atom stereocenters. The molecular formula is C18H19N3O2S. The fourth-order valence-electron chi connectivity index (χ4n) is 2.58. The molecule has 0 aliphatic carbocycles. The summed E-state index contributed by atoms with van der Waals surface area (Å²) < 4.78 is 0. The lowest BCUT2D eigenvalue weighted by Crippen LogP contribution is -2.29. The predicted molar refractivity (Wildman–Crippen MR) is 95.7 cm³/mol. The van der Waals surface area contributed by atoms with Crippen molar-refractivity contribution < 1.29 is 9.59 Å². The molecule has 0 unspecified atom stereocenters. The highest BCUT2D eigenvalue weighted by atomic mass is 32.2. The zero-order valence-corrected chi connectivity index (χ0v) is 14.0. The third kappa shape index (κ3) is 4.35. The van der Waals surface area contributed by atoms with E-state index in [4.69, 9.17) is 0 Å². The van der Waals surface area contributed by atoms with E-state index in [1.807, 2.05) is 36.4 Å². The minimum atomic E-state index is -0.205. The largest absolute Gasteiger partial charge is 0.351 e. The first-order chi connectivity index (χ1) is 11.7. The average Bonchev–Trinajstić information content (AvgIpc) is 2.77. The molecule has 0 radical (unpaired) electrons. The summed E-state index contributed by atoms with van der Waals surface area (Å²) in [5, 5.41) is 5.62. The van der Waals surface area contributed by atoms with Gasteiger partial charge >= 0.3 is 0 Å². The third-order valence-electron chi connectivity index (χ3n) is 3.90. The Hall–Kier alpha value is -2.34.